The molecule has 0 amide bonds. The van der Waals surface area contributed by atoms with Gasteiger partial charge in [-0.05, 0) is 27.7 Å². The fourth-order valence-electron chi connectivity index (χ4n) is 5.19. The van der Waals surface area contributed by atoms with Gasteiger partial charge in [-0.15, -0.1) is 0 Å². The molecular formula is C24H36N2O13. The zero-order chi connectivity index (χ0) is 28.7. The zero-order valence-corrected chi connectivity index (χ0v) is 22.9. The van der Waals surface area contributed by atoms with E-state index in [1.54, 1.807) is 27.7 Å². The average Bonchev–Trinajstić information content (AvgIpc) is 3.30. The Bertz CT molecular complexity index is 985. The standard InChI is InChI=1S/C24H36N2O13/c1-10(27)32-14-9-31-19(17(34-12(3)29)15(14)33-11(2)28)21(26-30)25-8-13-16-18(37-23(4,5)36-16)20-22(35-13)39-24(6,7)38-20/h13-20,22,30H,8-9H2,1-7H3,(H,25,26)/t13-,14-,15+,16+,17-,18+,19-,20-,22-/m1/s1. The minimum atomic E-state index is -1.32. The van der Waals surface area contributed by atoms with Gasteiger partial charge in [0.25, 0.3) is 0 Å². The number of hydroxylamine groups is 1. The molecule has 4 saturated heterocycles. The van der Waals surface area contributed by atoms with E-state index in [2.05, 4.69) is 4.99 Å². The fraction of sp³-hybridized carbons (Fsp3) is 0.833. The van der Waals surface area contributed by atoms with Crippen LogP contribution in [0.5, 0.6) is 0 Å². The van der Waals surface area contributed by atoms with Crippen molar-refractivity contribution < 1.29 is 62.2 Å². The lowest BCUT2D eigenvalue weighted by molar-refractivity contribution is -0.231. The minimum Gasteiger partial charge on any atom is -0.456 e. The maximum absolute atomic E-state index is 12.0. The molecule has 15 heteroatoms. The molecule has 4 heterocycles. The number of rotatable bonds is 6. The van der Waals surface area contributed by atoms with Crippen LogP contribution in [0.2, 0.25) is 0 Å². The normalized spacial score (nSPS) is 38.8. The number of carbonyl (C=O) groups excluding carboxylic acids is 3. The predicted molar refractivity (Wildman–Crippen MR) is 126 cm³/mol. The first-order chi connectivity index (χ1) is 18.2. The summed E-state index contributed by atoms with van der Waals surface area (Å²) in [6.45, 7) is 10.3. The second-order valence-electron chi connectivity index (χ2n) is 10.6. The van der Waals surface area contributed by atoms with E-state index in [9.17, 15) is 19.6 Å². The molecule has 39 heavy (non-hydrogen) atoms. The summed E-state index contributed by atoms with van der Waals surface area (Å²) in [6.07, 6.45) is -7.89. The first kappa shape index (κ1) is 29.6. The number of amidine groups is 1. The van der Waals surface area contributed by atoms with Gasteiger partial charge in [-0.3, -0.25) is 30.1 Å². The lowest BCUT2D eigenvalue weighted by atomic mass is 9.97. The Morgan fingerprint density at radius 2 is 1.41 bits per heavy atom. The van der Waals surface area contributed by atoms with E-state index < -0.39 is 84.6 Å². The average molecular weight is 561 g/mol. The molecule has 0 saturated carbocycles. The van der Waals surface area contributed by atoms with Gasteiger partial charge < -0.3 is 42.6 Å². The maximum Gasteiger partial charge on any atom is 0.303 e. The molecule has 0 aromatic carbocycles. The van der Waals surface area contributed by atoms with E-state index in [1.807, 2.05) is 5.48 Å². The molecule has 0 bridgehead atoms. The van der Waals surface area contributed by atoms with E-state index in [0.717, 1.165) is 13.8 Å². The number of nitrogens with zero attached hydrogens (tertiary/aromatic N) is 1. The highest BCUT2D eigenvalue weighted by atomic mass is 16.9. The van der Waals surface area contributed by atoms with Gasteiger partial charge in [-0.25, -0.2) is 0 Å². The summed E-state index contributed by atoms with van der Waals surface area (Å²) < 4.78 is 52.0. The van der Waals surface area contributed by atoms with Crippen molar-refractivity contribution in [2.75, 3.05) is 13.2 Å². The molecule has 9 atom stereocenters. The highest BCUT2D eigenvalue weighted by molar-refractivity contribution is 5.87. The van der Waals surface area contributed by atoms with E-state index in [1.165, 1.54) is 6.92 Å². The van der Waals surface area contributed by atoms with E-state index in [4.69, 9.17) is 42.6 Å². The molecule has 4 aliphatic rings. The lowest BCUT2D eigenvalue weighted by Crippen LogP contribution is -2.61. The number of carbonyl (C=O) groups is 3. The Kier molecular flexibility index (Phi) is 8.52. The summed E-state index contributed by atoms with van der Waals surface area (Å²) >= 11 is 0. The molecular weight excluding hydrogens is 524 g/mol. The quantitative estimate of drug-likeness (QED) is 0.145. The van der Waals surface area contributed by atoms with Crippen molar-refractivity contribution in [3.05, 3.63) is 0 Å². The van der Waals surface area contributed by atoms with E-state index in [0.29, 0.717) is 0 Å². The predicted octanol–water partition coefficient (Wildman–Crippen LogP) is -0.0459. The molecule has 0 unspecified atom stereocenters. The number of ether oxygens (including phenoxy) is 9. The smallest absolute Gasteiger partial charge is 0.303 e. The number of esters is 3. The lowest BCUT2D eigenvalue weighted by Gasteiger charge is -2.40. The highest BCUT2D eigenvalue weighted by Crippen LogP contribution is 2.44. The second-order valence-corrected chi connectivity index (χ2v) is 10.6. The number of hydrogen-bond donors (Lipinski definition) is 2. The van der Waals surface area contributed by atoms with Crippen LogP contribution in [0.3, 0.4) is 0 Å². The molecule has 4 aliphatic heterocycles. The van der Waals surface area contributed by atoms with Crippen molar-refractivity contribution >= 4 is 23.7 Å². The van der Waals surface area contributed by atoms with Gasteiger partial charge >= 0.3 is 17.9 Å². The molecule has 4 rings (SSSR count). The van der Waals surface area contributed by atoms with Gasteiger partial charge in [0.2, 0.25) is 0 Å². The van der Waals surface area contributed by atoms with Crippen LogP contribution in [0.1, 0.15) is 48.5 Å². The maximum atomic E-state index is 12.0. The summed E-state index contributed by atoms with van der Waals surface area (Å²) in [5.41, 5.74) is 1.98. The molecule has 0 radical (unpaired) electrons. The van der Waals surface area contributed by atoms with Crippen molar-refractivity contribution in [3.8, 4) is 0 Å². The number of nitrogens with one attached hydrogen (secondary N) is 1. The summed E-state index contributed by atoms with van der Waals surface area (Å²) in [7, 11) is 0. The summed E-state index contributed by atoms with van der Waals surface area (Å²) in [4.78, 5) is 39.9. The van der Waals surface area contributed by atoms with Gasteiger partial charge in [0.15, 0.2) is 48.1 Å². The van der Waals surface area contributed by atoms with Gasteiger partial charge in [-0.1, -0.05) is 0 Å². The molecule has 0 aliphatic carbocycles. The highest BCUT2D eigenvalue weighted by Gasteiger charge is 2.60. The molecule has 0 spiro atoms. The molecule has 4 fully saturated rings. The van der Waals surface area contributed by atoms with Gasteiger partial charge in [0.05, 0.1) is 13.2 Å². The molecule has 0 aromatic rings. The van der Waals surface area contributed by atoms with Gasteiger partial charge in [-0.2, -0.15) is 0 Å². The van der Waals surface area contributed by atoms with Gasteiger partial charge in [0.1, 0.15) is 24.4 Å². The van der Waals surface area contributed by atoms with Crippen LogP contribution >= 0.6 is 0 Å². The Balaban J connectivity index is 1.58. The zero-order valence-electron chi connectivity index (χ0n) is 22.9. The Morgan fingerprint density at radius 1 is 0.846 bits per heavy atom. The van der Waals surface area contributed by atoms with Gasteiger partial charge in [0, 0.05) is 20.8 Å². The van der Waals surface area contributed by atoms with Crippen LogP contribution in [0, 0.1) is 0 Å². The first-order valence-electron chi connectivity index (χ1n) is 12.6. The number of hydrogen-bond acceptors (Lipinski definition) is 14. The third-order valence-electron chi connectivity index (χ3n) is 6.43. The Labute approximate surface area is 225 Å². The molecule has 0 aromatic heterocycles. The third kappa shape index (κ3) is 6.67. The molecule has 15 nitrogen and oxygen atoms in total. The van der Waals surface area contributed by atoms with Crippen molar-refractivity contribution in [1.82, 2.24) is 5.48 Å². The van der Waals surface area contributed by atoms with Crippen LogP contribution < -0.4 is 5.48 Å². The largest absolute Gasteiger partial charge is 0.456 e. The topological polar surface area (TPSA) is 179 Å². The summed E-state index contributed by atoms with van der Waals surface area (Å²) in [5.74, 6) is -4.05. The second kappa shape index (κ2) is 11.2. The molecule has 220 valence electrons. The van der Waals surface area contributed by atoms with Crippen LogP contribution in [0.25, 0.3) is 0 Å². The first-order valence-corrected chi connectivity index (χ1v) is 12.6. The van der Waals surface area contributed by atoms with Crippen LogP contribution in [-0.2, 0) is 57.0 Å². The van der Waals surface area contributed by atoms with E-state index >= 15 is 0 Å². The number of aliphatic imine (C=N–C) groups is 1. The minimum absolute atomic E-state index is 0.0607. The Morgan fingerprint density at radius 3 is 2.03 bits per heavy atom. The Hall–Kier alpha value is -2.40. The van der Waals surface area contributed by atoms with Crippen molar-refractivity contribution in [2.24, 2.45) is 4.99 Å². The van der Waals surface area contributed by atoms with Crippen LogP contribution in [0.15, 0.2) is 4.99 Å². The third-order valence-corrected chi connectivity index (χ3v) is 6.43. The van der Waals surface area contributed by atoms with E-state index in [-0.39, 0.29) is 19.0 Å². The van der Waals surface area contributed by atoms with Crippen molar-refractivity contribution in [3.63, 3.8) is 0 Å². The monoisotopic (exact) mass is 560 g/mol. The van der Waals surface area contributed by atoms with Crippen molar-refractivity contribution in [1.29, 1.82) is 0 Å². The SMILES string of the molecule is CC(=O)O[C@@H]1[C@@H](OC(C)=O)[C@H](C(=NC[C@H]2O[C@@H]3OC(C)(C)O[C@@H]3[C@H]3OC(C)(C)O[C@H]32)NO)OC[C@H]1OC(C)=O. The summed E-state index contributed by atoms with van der Waals surface area (Å²) in [6, 6.07) is 0. The molecule has 2 N–H and O–H groups in total. The van der Waals surface area contributed by atoms with Crippen LogP contribution in [-0.4, -0.2) is 109 Å². The number of fused-ring (bicyclic) bond motifs is 3. The fourth-order valence-corrected chi connectivity index (χ4v) is 5.19. The van der Waals surface area contributed by atoms with Crippen molar-refractivity contribution in [2.45, 2.75) is 115 Å². The summed E-state index contributed by atoms with van der Waals surface area (Å²) in [5, 5.41) is 9.99. The van der Waals surface area contributed by atoms with Crippen LogP contribution in [0.4, 0.5) is 0 Å².